The summed E-state index contributed by atoms with van der Waals surface area (Å²) in [5, 5.41) is 5.86. The summed E-state index contributed by atoms with van der Waals surface area (Å²) in [4.78, 5) is 0. The third-order valence-electron chi connectivity index (χ3n) is 5.84. The highest BCUT2D eigenvalue weighted by Gasteiger charge is 2.12. The fourth-order valence-electron chi connectivity index (χ4n) is 4.31. The molecular weight excluding hydrogens is 390 g/mol. The quantitative estimate of drug-likeness (QED) is 0.314. The predicted octanol–water partition coefficient (Wildman–Crippen LogP) is 8.66. The van der Waals surface area contributed by atoms with Gasteiger partial charge >= 0.3 is 0 Å². The summed E-state index contributed by atoms with van der Waals surface area (Å²) in [6, 6.07) is 42.0. The second-order valence-corrected chi connectivity index (χ2v) is 7.93. The number of benzene rings is 5. The van der Waals surface area contributed by atoms with Crippen LogP contribution in [0.15, 0.2) is 126 Å². The van der Waals surface area contributed by atoms with E-state index in [1.807, 2.05) is 18.2 Å². The van der Waals surface area contributed by atoms with Gasteiger partial charge in [0.15, 0.2) is 0 Å². The van der Waals surface area contributed by atoms with Crippen LogP contribution >= 0.6 is 0 Å². The van der Waals surface area contributed by atoms with Gasteiger partial charge in [-0.3, -0.25) is 0 Å². The number of fused-ring (bicyclic) bond motifs is 3. The molecule has 0 radical (unpaired) electrons. The van der Waals surface area contributed by atoms with E-state index in [-0.39, 0.29) is 0 Å². The van der Waals surface area contributed by atoms with E-state index in [0.29, 0.717) is 0 Å². The smallest absolute Gasteiger partial charge is 0.143 e. The standard InChI is InChI=1S/C30H21NO/c1-2-9-21(10-3-1)22-11-6-13-24(19-22)31-25-14-7-12-23(20-25)26-16-8-17-28-27-15-4-5-18-29(27)32-30(26)28/h1-20,31H. The summed E-state index contributed by atoms with van der Waals surface area (Å²) in [5.74, 6) is 0. The van der Waals surface area contributed by atoms with Gasteiger partial charge in [0.25, 0.3) is 0 Å². The number of anilines is 2. The summed E-state index contributed by atoms with van der Waals surface area (Å²) in [7, 11) is 0. The average Bonchev–Trinajstić information content (AvgIpc) is 3.24. The lowest BCUT2D eigenvalue weighted by Gasteiger charge is -2.11. The second kappa shape index (κ2) is 7.75. The van der Waals surface area contributed by atoms with E-state index in [1.54, 1.807) is 0 Å². The van der Waals surface area contributed by atoms with Crippen LogP contribution < -0.4 is 5.32 Å². The molecule has 0 spiro atoms. The molecule has 0 aliphatic heterocycles. The Morgan fingerprint density at radius 2 is 1.09 bits per heavy atom. The van der Waals surface area contributed by atoms with Crippen molar-refractivity contribution in [2.24, 2.45) is 0 Å². The third-order valence-corrected chi connectivity index (χ3v) is 5.84. The molecule has 0 bridgehead atoms. The molecular formula is C30H21NO. The molecule has 2 heteroatoms. The topological polar surface area (TPSA) is 25.2 Å². The minimum atomic E-state index is 0.918. The summed E-state index contributed by atoms with van der Waals surface area (Å²) < 4.78 is 6.24. The molecule has 1 N–H and O–H groups in total. The van der Waals surface area contributed by atoms with Gasteiger partial charge in [0.1, 0.15) is 11.2 Å². The molecule has 0 unspecified atom stereocenters. The maximum atomic E-state index is 6.24. The largest absolute Gasteiger partial charge is 0.455 e. The molecule has 1 aromatic heterocycles. The Kier molecular flexibility index (Phi) is 4.47. The van der Waals surface area contributed by atoms with Gasteiger partial charge in [-0.2, -0.15) is 0 Å². The Morgan fingerprint density at radius 1 is 0.469 bits per heavy atom. The van der Waals surface area contributed by atoms with Crippen LogP contribution in [-0.4, -0.2) is 0 Å². The molecule has 152 valence electrons. The zero-order valence-electron chi connectivity index (χ0n) is 17.5. The molecule has 5 aromatic carbocycles. The minimum Gasteiger partial charge on any atom is -0.455 e. The van der Waals surface area contributed by atoms with Gasteiger partial charge in [-0.05, 0) is 47.0 Å². The van der Waals surface area contributed by atoms with Crippen molar-refractivity contribution in [3.8, 4) is 22.3 Å². The summed E-state index contributed by atoms with van der Waals surface area (Å²) >= 11 is 0. The second-order valence-electron chi connectivity index (χ2n) is 7.93. The van der Waals surface area contributed by atoms with Gasteiger partial charge in [0.05, 0.1) is 0 Å². The minimum absolute atomic E-state index is 0.918. The van der Waals surface area contributed by atoms with Crippen LogP contribution in [0.3, 0.4) is 0 Å². The summed E-state index contributed by atoms with van der Waals surface area (Å²) in [6.07, 6.45) is 0. The Balaban J connectivity index is 1.37. The van der Waals surface area contributed by atoms with E-state index < -0.39 is 0 Å². The van der Waals surface area contributed by atoms with Crippen molar-refractivity contribution in [2.45, 2.75) is 0 Å². The summed E-state index contributed by atoms with van der Waals surface area (Å²) in [6.45, 7) is 0. The Bertz CT molecular complexity index is 1550. The fourth-order valence-corrected chi connectivity index (χ4v) is 4.31. The van der Waals surface area contributed by atoms with Gasteiger partial charge in [0, 0.05) is 27.7 Å². The third kappa shape index (κ3) is 3.32. The zero-order valence-corrected chi connectivity index (χ0v) is 17.5. The van der Waals surface area contributed by atoms with E-state index in [9.17, 15) is 0 Å². The first-order valence-electron chi connectivity index (χ1n) is 10.8. The summed E-state index contributed by atoms with van der Waals surface area (Å²) in [5.41, 5.74) is 8.57. The van der Waals surface area contributed by atoms with E-state index in [1.165, 1.54) is 11.1 Å². The van der Waals surface area contributed by atoms with Crippen molar-refractivity contribution in [3.05, 3.63) is 121 Å². The Hall–Kier alpha value is -4.30. The highest BCUT2D eigenvalue weighted by molar-refractivity contribution is 6.09. The van der Waals surface area contributed by atoms with Crippen molar-refractivity contribution in [1.29, 1.82) is 0 Å². The fraction of sp³-hybridized carbons (Fsp3) is 0. The molecule has 0 aliphatic rings. The maximum absolute atomic E-state index is 6.24. The molecule has 1 heterocycles. The van der Waals surface area contributed by atoms with Gasteiger partial charge in [-0.25, -0.2) is 0 Å². The monoisotopic (exact) mass is 411 g/mol. The van der Waals surface area contributed by atoms with Gasteiger partial charge < -0.3 is 9.73 Å². The lowest BCUT2D eigenvalue weighted by molar-refractivity contribution is 0.670. The number of nitrogens with one attached hydrogen (secondary N) is 1. The normalized spacial score (nSPS) is 11.1. The number of hydrogen-bond acceptors (Lipinski definition) is 2. The number of para-hydroxylation sites is 2. The van der Waals surface area contributed by atoms with E-state index in [0.717, 1.165) is 44.4 Å². The molecule has 0 amide bonds. The molecule has 6 aromatic rings. The van der Waals surface area contributed by atoms with Crippen molar-refractivity contribution in [3.63, 3.8) is 0 Å². The van der Waals surface area contributed by atoms with Crippen LogP contribution in [0.25, 0.3) is 44.2 Å². The first-order chi connectivity index (χ1) is 15.8. The molecule has 32 heavy (non-hydrogen) atoms. The molecule has 0 fully saturated rings. The highest BCUT2D eigenvalue weighted by atomic mass is 16.3. The van der Waals surface area contributed by atoms with E-state index in [4.69, 9.17) is 4.42 Å². The molecule has 0 saturated heterocycles. The lowest BCUT2D eigenvalue weighted by Crippen LogP contribution is -1.91. The maximum Gasteiger partial charge on any atom is 0.143 e. The molecule has 0 saturated carbocycles. The zero-order chi connectivity index (χ0) is 21.3. The highest BCUT2D eigenvalue weighted by Crippen LogP contribution is 2.36. The Labute approximate surface area is 186 Å². The first kappa shape index (κ1) is 18.5. The van der Waals surface area contributed by atoms with Crippen molar-refractivity contribution < 1.29 is 4.42 Å². The Morgan fingerprint density at radius 3 is 1.94 bits per heavy atom. The number of furan rings is 1. The van der Waals surface area contributed by atoms with Gasteiger partial charge in [0.2, 0.25) is 0 Å². The number of hydrogen-bond donors (Lipinski definition) is 1. The predicted molar refractivity (Wildman–Crippen MR) is 134 cm³/mol. The van der Waals surface area contributed by atoms with Crippen LogP contribution in [-0.2, 0) is 0 Å². The van der Waals surface area contributed by atoms with Crippen molar-refractivity contribution in [2.75, 3.05) is 5.32 Å². The lowest BCUT2D eigenvalue weighted by atomic mass is 10.0. The first-order valence-corrected chi connectivity index (χ1v) is 10.8. The van der Waals surface area contributed by atoms with E-state index >= 15 is 0 Å². The van der Waals surface area contributed by atoms with Gasteiger partial charge in [-0.15, -0.1) is 0 Å². The van der Waals surface area contributed by atoms with Crippen molar-refractivity contribution >= 4 is 33.3 Å². The average molecular weight is 412 g/mol. The van der Waals surface area contributed by atoms with E-state index in [2.05, 4.69) is 108 Å². The molecule has 6 rings (SSSR count). The van der Waals surface area contributed by atoms with Crippen LogP contribution in [0, 0.1) is 0 Å². The SMILES string of the molecule is c1ccc(-c2cccc(Nc3cccc(-c4cccc5c4oc4ccccc45)c3)c2)cc1. The van der Waals surface area contributed by atoms with Crippen LogP contribution in [0.5, 0.6) is 0 Å². The molecule has 2 nitrogen and oxygen atoms in total. The van der Waals surface area contributed by atoms with Crippen molar-refractivity contribution in [1.82, 2.24) is 0 Å². The van der Waals surface area contributed by atoms with Crippen LogP contribution in [0.2, 0.25) is 0 Å². The van der Waals surface area contributed by atoms with Gasteiger partial charge in [-0.1, -0.05) is 91.0 Å². The molecule has 0 aliphatic carbocycles. The van der Waals surface area contributed by atoms with Crippen LogP contribution in [0.1, 0.15) is 0 Å². The van der Waals surface area contributed by atoms with Crippen LogP contribution in [0.4, 0.5) is 11.4 Å². The number of rotatable bonds is 4. The molecule has 0 atom stereocenters.